The number of fused-ring (bicyclic) bond motifs is 1. The van der Waals surface area contributed by atoms with Gasteiger partial charge in [-0.05, 0) is 47.5 Å². The Labute approximate surface area is 190 Å². The fraction of sp³-hybridized carbons (Fsp3) is 0.208. The van der Waals surface area contributed by atoms with Crippen LogP contribution in [-0.4, -0.2) is 29.2 Å². The Bertz CT molecular complexity index is 1110. The Morgan fingerprint density at radius 2 is 1.91 bits per heavy atom. The summed E-state index contributed by atoms with van der Waals surface area (Å²) in [4.78, 5) is 29.7. The fourth-order valence-corrected chi connectivity index (χ4v) is 4.36. The molecule has 8 heteroatoms. The van der Waals surface area contributed by atoms with Crippen LogP contribution in [0.25, 0.3) is 0 Å². The van der Waals surface area contributed by atoms with Gasteiger partial charge in [0.05, 0.1) is 18.0 Å². The number of para-hydroxylation sites is 1. The SMILES string of the molecule is COc1cc(CNC(=O)CC2Sc3ccccc3NC2=O)ccc1OCc1ccncc1. The van der Waals surface area contributed by atoms with Crippen molar-refractivity contribution >= 4 is 29.3 Å². The second-order valence-corrected chi connectivity index (χ2v) is 8.45. The van der Waals surface area contributed by atoms with E-state index in [9.17, 15) is 9.59 Å². The number of anilines is 1. The number of carbonyl (C=O) groups excluding carboxylic acids is 2. The van der Waals surface area contributed by atoms with Crippen LogP contribution in [0.3, 0.4) is 0 Å². The monoisotopic (exact) mass is 449 g/mol. The molecule has 2 aromatic carbocycles. The third-order valence-electron chi connectivity index (χ3n) is 4.94. The molecule has 7 nitrogen and oxygen atoms in total. The van der Waals surface area contributed by atoms with E-state index >= 15 is 0 Å². The van der Waals surface area contributed by atoms with E-state index in [4.69, 9.17) is 9.47 Å². The Hall–Kier alpha value is -3.52. The highest BCUT2D eigenvalue weighted by Crippen LogP contribution is 2.36. The number of ether oxygens (including phenoxy) is 2. The minimum atomic E-state index is -0.455. The second kappa shape index (κ2) is 10.2. The molecule has 2 N–H and O–H groups in total. The molecule has 3 aromatic rings. The van der Waals surface area contributed by atoms with Crippen molar-refractivity contribution < 1.29 is 19.1 Å². The summed E-state index contributed by atoms with van der Waals surface area (Å²) in [5.74, 6) is 0.869. The molecule has 164 valence electrons. The van der Waals surface area contributed by atoms with E-state index in [-0.39, 0.29) is 18.2 Å². The number of aromatic nitrogens is 1. The Morgan fingerprint density at radius 1 is 1.09 bits per heavy atom. The topological polar surface area (TPSA) is 89.6 Å². The lowest BCUT2D eigenvalue weighted by Crippen LogP contribution is -2.34. The first-order chi connectivity index (χ1) is 15.6. The molecule has 0 radical (unpaired) electrons. The molecule has 32 heavy (non-hydrogen) atoms. The first-order valence-electron chi connectivity index (χ1n) is 10.1. The smallest absolute Gasteiger partial charge is 0.238 e. The molecule has 0 aliphatic carbocycles. The number of pyridine rings is 1. The molecule has 1 unspecified atom stereocenters. The normalized spacial score (nSPS) is 14.8. The quantitative estimate of drug-likeness (QED) is 0.544. The van der Waals surface area contributed by atoms with Crippen LogP contribution in [0.5, 0.6) is 11.5 Å². The maximum Gasteiger partial charge on any atom is 0.238 e. The third-order valence-corrected chi connectivity index (χ3v) is 6.21. The average molecular weight is 450 g/mol. The van der Waals surface area contributed by atoms with Gasteiger partial charge in [-0.25, -0.2) is 0 Å². The largest absolute Gasteiger partial charge is 0.493 e. The van der Waals surface area contributed by atoms with Crippen molar-refractivity contribution in [2.24, 2.45) is 0 Å². The van der Waals surface area contributed by atoms with Gasteiger partial charge in [-0.3, -0.25) is 14.6 Å². The summed E-state index contributed by atoms with van der Waals surface area (Å²) < 4.78 is 11.3. The number of thioether (sulfide) groups is 1. The number of methoxy groups -OCH3 is 1. The van der Waals surface area contributed by atoms with Crippen LogP contribution in [-0.2, 0) is 22.7 Å². The molecule has 1 aliphatic heterocycles. The van der Waals surface area contributed by atoms with Crippen LogP contribution in [0.15, 0.2) is 71.9 Å². The summed E-state index contributed by atoms with van der Waals surface area (Å²) in [7, 11) is 1.58. The number of carbonyl (C=O) groups is 2. The van der Waals surface area contributed by atoms with Crippen LogP contribution in [0.4, 0.5) is 5.69 Å². The Balaban J connectivity index is 1.31. The lowest BCUT2D eigenvalue weighted by Gasteiger charge is -2.23. The van der Waals surface area contributed by atoms with Gasteiger partial charge in [0.2, 0.25) is 11.8 Å². The van der Waals surface area contributed by atoms with Gasteiger partial charge in [-0.1, -0.05) is 18.2 Å². The Morgan fingerprint density at radius 3 is 2.72 bits per heavy atom. The molecular formula is C24H23N3O4S. The zero-order valence-electron chi connectivity index (χ0n) is 17.5. The standard InChI is InChI=1S/C24H23N3O4S/c1-30-20-12-17(6-7-19(20)31-15-16-8-10-25-11-9-16)14-26-23(28)13-22-24(29)27-18-4-2-3-5-21(18)32-22/h2-12,22H,13-15H2,1H3,(H,26,28)(H,27,29). The van der Waals surface area contributed by atoms with Crippen LogP contribution < -0.4 is 20.1 Å². The molecule has 0 saturated heterocycles. The molecular weight excluding hydrogens is 426 g/mol. The number of benzene rings is 2. The summed E-state index contributed by atoms with van der Waals surface area (Å²) in [6.07, 6.45) is 3.54. The predicted molar refractivity (Wildman–Crippen MR) is 123 cm³/mol. The number of nitrogens with one attached hydrogen (secondary N) is 2. The molecule has 0 bridgehead atoms. The lowest BCUT2D eigenvalue weighted by molar-refractivity contribution is -0.124. The van der Waals surface area contributed by atoms with Gasteiger partial charge < -0.3 is 20.1 Å². The number of hydrogen-bond acceptors (Lipinski definition) is 6. The van der Waals surface area contributed by atoms with Gasteiger partial charge in [0.1, 0.15) is 6.61 Å². The van der Waals surface area contributed by atoms with E-state index in [0.29, 0.717) is 24.7 Å². The van der Waals surface area contributed by atoms with Gasteiger partial charge in [-0.15, -0.1) is 11.8 Å². The minimum Gasteiger partial charge on any atom is -0.493 e. The highest BCUT2D eigenvalue weighted by Gasteiger charge is 2.28. The summed E-state index contributed by atoms with van der Waals surface area (Å²) in [6.45, 7) is 0.731. The van der Waals surface area contributed by atoms with Gasteiger partial charge >= 0.3 is 0 Å². The minimum absolute atomic E-state index is 0.106. The molecule has 1 aliphatic rings. The van der Waals surface area contributed by atoms with Crippen molar-refractivity contribution in [3.8, 4) is 11.5 Å². The molecule has 2 amide bonds. The molecule has 0 fully saturated rings. The summed E-state index contributed by atoms with van der Waals surface area (Å²) >= 11 is 1.41. The van der Waals surface area contributed by atoms with Gasteiger partial charge in [-0.2, -0.15) is 0 Å². The predicted octanol–water partition coefficient (Wildman–Crippen LogP) is 3.79. The van der Waals surface area contributed by atoms with Gasteiger partial charge in [0.15, 0.2) is 11.5 Å². The van der Waals surface area contributed by atoms with Crippen molar-refractivity contribution in [3.05, 3.63) is 78.1 Å². The van der Waals surface area contributed by atoms with Crippen molar-refractivity contribution in [2.45, 2.75) is 29.7 Å². The highest BCUT2D eigenvalue weighted by atomic mass is 32.2. The van der Waals surface area contributed by atoms with Crippen molar-refractivity contribution in [3.63, 3.8) is 0 Å². The number of rotatable bonds is 8. The van der Waals surface area contributed by atoms with Crippen LogP contribution >= 0.6 is 11.8 Å². The number of nitrogens with zero attached hydrogens (tertiary/aromatic N) is 1. The first-order valence-corrected chi connectivity index (χ1v) is 11.0. The summed E-state index contributed by atoms with van der Waals surface area (Å²) in [5.41, 5.74) is 2.67. The van der Waals surface area contributed by atoms with Crippen molar-refractivity contribution in [1.29, 1.82) is 0 Å². The van der Waals surface area contributed by atoms with Crippen molar-refractivity contribution in [1.82, 2.24) is 10.3 Å². The highest BCUT2D eigenvalue weighted by molar-refractivity contribution is 8.01. The maximum atomic E-state index is 12.5. The third kappa shape index (κ3) is 5.39. The van der Waals surface area contributed by atoms with E-state index in [0.717, 1.165) is 21.7 Å². The second-order valence-electron chi connectivity index (χ2n) is 7.20. The van der Waals surface area contributed by atoms with E-state index < -0.39 is 5.25 Å². The number of hydrogen-bond donors (Lipinski definition) is 2. The van der Waals surface area contributed by atoms with Gasteiger partial charge in [0.25, 0.3) is 0 Å². The molecule has 1 atom stereocenters. The van der Waals surface area contributed by atoms with E-state index in [1.165, 1.54) is 11.8 Å². The zero-order chi connectivity index (χ0) is 22.3. The van der Waals surface area contributed by atoms with Crippen LogP contribution in [0.1, 0.15) is 17.5 Å². The van der Waals surface area contributed by atoms with E-state index in [1.807, 2.05) is 54.6 Å². The molecule has 4 rings (SSSR count). The van der Waals surface area contributed by atoms with Crippen LogP contribution in [0.2, 0.25) is 0 Å². The summed E-state index contributed by atoms with van der Waals surface area (Å²) in [6, 6.07) is 16.9. The van der Waals surface area contributed by atoms with E-state index in [2.05, 4.69) is 15.6 Å². The molecule has 0 spiro atoms. The lowest BCUT2D eigenvalue weighted by atomic mass is 10.2. The Kier molecular flexibility index (Phi) is 6.91. The molecule has 0 saturated carbocycles. The number of amides is 2. The zero-order valence-corrected chi connectivity index (χ0v) is 18.4. The summed E-state index contributed by atoms with van der Waals surface area (Å²) in [5, 5.41) is 5.29. The van der Waals surface area contributed by atoms with Crippen molar-refractivity contribution in [2.75, 3.05) is 12.4 Å². The fourth-order valence-electron chi connectivity index (χ4n) is 3.25. The average Bonchev–Trinajstić information content (AvgIpc) is 2.82. The first kappa shape index (κ1) is 21.7. The molecule has 1 aromatic heterocycles. The van der Waals surface area contributed by atoms with E-state index in [1.54, 1.807) is 19.5 Å². The van der Waals surface area contributed by atoms with Crippen LogP contribution in [0, 0.1) is 0 Å². The molecule has 2 heterocycles. The van der Waals surface area contributed by atoms with Gasteiger partial charge in [0, 0.05) is 30.3 Å². The maximum absolute atomic E-state index is 12.5.